The predicted octanol–water partition coefficient (Wildman–Crippen LogP) is 2.58. The van der Waals surface area contributed by atoms with Gasteiger partial charge >= 0.3 is 5.97 Å². The number of aliphatic carboxylic acids is 1. The van der Waals surface area contributed by atoms with E-state index < -0.39 is 5.97 Å². The van der Waals surface area contributed by atoms with E-state index in [1.807, 2.05) is 36.4 Å². The zero-order valence-corrected chi connectivity index (χ0v) is 9.63. The van der Waals surface area contributed by atoms with Gasteiger partial charge in [0, 0.05) is 13.2 Å². The minimum Gasteiger partial charge on any atom is -0.478 e. The van der Waals surface area contributed by atoms with Crippen molar-refractivity contribution in [2.45, 2.75) is 12.8 Å². The van der Waals surface area contributed by atoms with Crippen LogP contribution in [0.15, 0.2) is 36.4 Å². The second kappa shape index (κ2) is 5.64. The van der Waals surface area contributed by atoms with Crippen LogP contribution in [0, 0.1) is 5.92 Å². The van der Waals surface area contributed by atoms with Gasteiger partial charge in [0.2, 0.25) is 0 Å². The lowest BCUT2D eigenvalue weighted by atomic mass is 9.94. The van der Waals surface area contributed by atoms with Gasteiger partial charge in [0.1, 0.15) is 0 Å². The summed E-state index contributed by atoms with van der Waals surface area (Å²) in [6, 6.07) is 9.27. The van der Waals surface area contributed by atoms with Gasteiger partial charge in [-0.2, -0.15) is 0 Å². The molecule has 90 valence electrons. The Morgan fingerprint density at radius 3 is 2.47 bits per heavy atom. The third kappa shape index (κ3) is 3.17. The second-order valence-electron chi connectivity index (χ2n) is 4.20. The van der Waals surface area contributed by atoms with Crippen LogP contribution >= 0.6 is 0 Å². The van der Waals surface area contributed by atoms with Crippen molar-refractivity contribution in [2.24, 2.45) is 5.92 Å². The minimum absolute atomic E-state index is 0.315. The maximum Gasteiger partial charge on any atom is 0.335 e. The van der Waals surface area contributed by atoms with Crippen LogP contribution in [0.1, 0.15) is 18.4 Å². The zero-order chi connectivity index (χ0) is 12.1. The summed E-state index contributed by atoms with van der Waals surface area (Å²) in [7, 11) is 0. The Hall–Kier alpha value is -1.61. The Bertz CT molecular complexity index is 403. The molecule has 1 aromatic carbocycles. The van der Waals surface area contributed by atoms with Gasteiger partial charge in [0.25, 0.3) is 0 Å². The first kappa shape index (κ1) is 11.9. The van der Waals surface area contributed by atoms with E-state index in [0.29, 0.717) is 11.5 Å². The molecule has 0 aromatic heterocycles. The Balaban J connectivity index is 2.22. The van der Waals surface area contributed by atoms with Crippen LogP contribution in [0.5, 0.6) is 0 Å². The first-order valence-corrected chi connectivity index (χ1v) is 5.85. The molecule has 3 heteroatoms. The summed E-state index contributed by atoms with van der Waals surface area (Å²) < 4.78 is 5.27. The molecule has 1 aliphatic rings. The van der Waals surface area contributed by atoms with Gasteiger partial charge in [0.05, 0.1) is 5.57 Å². The lowest BCUT2D eigenvalue weighted by molar-refractivity contribution is -0.130. The summed E-state index contributed by atoms with van der Waals surface area (Å²) in [5.74, 6) is -0.544. The van der Waals surface area contributed by atoms with E-state index in [4.69, 9.17) is 4.74 Å². The molecule has 0 bridgehead atoms. The molecule has 1 fully saturated rings. The number of carbonyl (C=O) groups is 1. The van der Waals surface area contributed by atoms with Crippen molar-refractivity contribution < 1.29 is 14.6 Å². The smallest absolute Gasteiger partial charge is 0.335 e. The van der Waals surface area contributed by atoms with Gasteiger partial charge in [-0.3, -0.25) is 0 Å². The van der Waals surface area contributed by atoms with E-state index in [2.05, 4.69) is 0 Å². The molecule has 1 saturated heterocycles. The maximum absolute atomic E-state index is 11.3. The van der Waals surface area contributed by atoms with Crippen molar-refractivity contribution in [2.75, 3.05) is 13.2 Å². The molecule has 17 heavy (non-hydrogen) atoms. The van der Waals surface area contributed by atoms with Crippen molar-refractivity contribution in [3.8, 4) is 0 Å². The van der Waals surface area contributed by atoms with Gasteiger partial charge < -0.3 is 9.84 Å². The van der Waals surface area contributed by atoms with Crippen LogP contribution in [0.4, 0.5) is 0 Å². The zero-order valence-electron chi connectivity index (χ0n) is 9.63. The normalized spacial score (nSPS) is 18.0. The summed E-state index contributed by atoms with van der Waals surface area (Å²) in [5, 5.41) is 9.26. The van der Waals surface area contributed by atoms with Crippen LogP contribution in [-0.2, 0) is 9.53 Å². The molecule has 1 N–H and O–H groups in total. The molecule has 0 saturated carbocycles. The van der Waals surface area contributed by atoms with Crippen LogP contribution < -0.4 is 0 Å². The largest absolute Gasteiger partial charge is 0.478 e. The second-order valence-corrected chi connectivity index (χ2v) is 4.20. The van der Waals surface area contributed by atoms with Crippen molar-refractivity contribution in [1.82, 2.24) is 0 Å². The number of carboxylic acids is 1. The van der Waals surface area contributed by atoms with Crippen molar-refractivity contribution in [1.29, 1.82) is 0 Å². The first-order chi connectivity index (χ1) is 8.27. The highest BCUT2D eigenvalue weighted by Gasteiger charge is 2.16. The van der Waals surface area contributed by atoms with Crippen molar-refractivity contribution >= 4 is 11.5 Å². The highest BCUT2D eigenvalue weighted by molar-refractivity contribution is 6.15. The topological polar surface area (TPSA) is 46.5 Å². The molecule has 1 heterocycles. The Morgan fingerprint density at radius 2 is 1.88 bits per heavy atom. The molecule has 0 radical (unpaired) electrons. The molecule has 2 rings (SSSR count). The summed E-state index contributed by atoms with van der Waals surface area (Å²) in [6.45, 7) is 1.45. The predicted molar refractivity (Wildman–Crippen MR) is 65.6 cm³/mol. The van der Waals surface area contributed by atoms with Gasteiger partial charge in [0.15, 0.2) is 0 Å². The summed E-state index contributed by atoms with van der Waals surface area (Å²) in [5.41, 5.74) is 1.17. The Kier molecular flexibility index (Phi) is 3.94. The van der Waals surface area contributed by atoms with Crippen LogP contribution in [0.3, 0.4) is 0 Å². The van der Waals surface area contributed by atoms with E-state index in [9.17, 15) is 9.90 Å². The Morgan fingerprint density at radius 1 is 1.24 bits per heavy atom. The first-order valence-electron chi connectivity index (χ1n) is 5.85. The average Bonchev–Trinajstić information content (AvgIpc) is 2.38. The van der Waals surface area contributed by atoms with E-state index in [0.717, 1.165) is 31.6 Å². The number of benzene rings is 1. The monoisotopic (exact) mass is 232 g/mol. The van der Waals surface area contributed by atoms with Crippen LogP contribution in [-0.4, -0.2) is 24.3 Å². The van der Waals surface area contributed by atoms with Crippen LogP contribution in [0.2, 0.25) is 0 Å². The van der Waals surface area contributed by atoms with Gasteiger partial charge in [-0.05, 0) is 24.3 Å². The number of hydrogen-bond acceptors (Lipinski definition) is 2. The molecule has 0 unspecified atom stereocenters. The summed E-state index contributed by atoms with van der Waals surface area (Å²) in [4.78, 5) is 11.3. The molecule has 1 aromatic rings. The van der Waals surface area contributed by atoms with E-state index >= 15 is 0 Å². The summed E-state index contributed by atoms with van der Waals surface area (Å²) >= 11 is 0. The SMILES string of the molecule is O=C(O)/C(=C/C1CCOCC1)c1ccccc1. The average molecular weight is 232 g/mol. The number of rotatable bonds is 3. The molecular formula is C14H16O3. The fourth-order valence-corrected chi connectivity index (χ4v) is 2.03. The lowest BCUT2D eigenvalue weighted by Crippen LogP contribution is -2.15. The quantitative estimate of drug-likeness (QED) is 0.815. The maximum atomic E-state index is 11.3. The van der Waals surface area contributed by atoms with Crippen molar-refractivity contribution in [3.63, 3.8) is 0 Å². The van der Waals surface area contributed by atoms with Gasteiger partial charge in [-0.15, -0.1) is 0 Å². The molecule has 0 spiro atoms. The lowest BCUT2D eigenvalue weighted by Gasteiger charge is -2.19. The molecule has 0 atom stereocenters. The number of carboxylic acid groups (broad SMARTS) is 1. The molecule has 0 aliphatic carbocycles. The fourth-order valence-electron chi connectivity index (χ4n) is 2.03. The Labute approximate surface area is 101 Å². The minimum atomic E-state index is -0.859. The third-order valence-electron chi connectivity index (χ3n) is 2.98. The molecule has 1 aliphatic heterocycles. The number of allylic oxidation sites excluding steroid dienone is 1. The van der Waals surface area contributed by atoms with Crippen molar-refractivity contribution in [3.05, 3.63) is 42.0 Å². The molecular weight excluding hydrogens is 216 g/mol. The van der Waals surface area contributed by atoms with Crippen LogP contribution in [0.25, 0.3) is 5.57 Å². The van der Waals surface area contributed by atoms with E-state index in [-0.39, 0.29) is 0 Å². The number of hydrogen-bond donors (Lipinski definition) is 1. The highest BCUT2D eigenvalue weighted by atomic mass is 16.5. The number of ether oxygens (including phenoxy) is 1. The molecule has 3 nitrogen and oxygen atoms in total. The van der Waals surface area contributed by atoms with E-state index in [1.165, 1.54) is 0 Å². The molecule has 0 amide bonds. The fraction of sp³-hybridized carbons (Fsp3) is 0.357. The highest BCUT2D eigenvalue weighted by Crippen LogP contribution is 2.22. The van der Waals surface area contributed by atoms with Gasteiger partial charge in [-0.1, -0.05) is 36.4 Å². The standard InChI is InChI=1S/C14H16O3/c15-14(16)13(12-4-2-1-3-5-12)10-11-6-8-17-9-7-11/h1-5,10-11H,6-9H2,(H,15,16)/b13-10+. The van der Waals surface area contributed by atoms with E-state index in [1.54, 1.807) is 0 Å². The summed E-state index contributed by atoms with van der Waals surface area (Å²) in [6.07, 6.45) is 3.69. The third-order valence-corrected chi connectivity index (χ3v) is 2.98. The van der Waals surface area contributed by atoms with Gasteiger partial charge in [-0.25, -0.2) is 4.79 Å².